The Balaban J connectivity index is 1.26. The third-order valence-electron chi connectivity index (χ3n) is 7.09. The first kappa shape index (κ1) is 31.1. The zero-order valence-electron chi connectivity index (χ0n) is 24.5. The van der Waals surface area contributed by atoms with Crippen molar-refractivity contribution in [3.05, 3.63) is 100 Å². The molecule has 0 saturated carbocycles. The summed E-state index contributed by atoms with van der Waals surface area (Å²) in [5.74, 6) is 2.05. The van der Waals surface area contributed by atoms with Crippen LogP contribution < -0.4 is 18.9 Å². The van der Waals surface area contributed by atoms with Crippen LogP contribution in [0.15, 0.2) is 77.8 Å². The normalized spacial score (nSPS) is 15.8. The number of aliphatic imine (C=N–C) groups is 1. The van der Waals surface area contributed by atoms with E-state index in [0.717, 1.165) is 11.3 Å². The molecule has 0 saturated heterocycles. The highest BCUT2D eigenvalue weighted by atomic mass is 35.5. The molecule has 44 heavy (non-hydrogen) atoms. The molecule has 1 atom stereocenters. The van der Waals surface area contributed by atoms with Gasteiger partial charge in [0.2, 0.25) is 5.90 Å². The number of methoxy groups -OCH3 is 3. The second kappa shape index (κ2) is 13.9. The second-order valence-electron chi connectivity index (χ2n) is 9.87. The number of aliphatic hydroxyl groups is 1. The number of benzene rings is 3. The topological polar surface area (TPSA) is 101 Å². The fourth-order valence-corrected chi connectivity index (χ4v) is 4.83. The molecule has 4 aromatic rings. The Morgan fingerprint density at radius 3 is 2.32 bits per heavy atom. The number of aliphatic hydroxyl groups excluding tert-OH is 1. The van der Waals surface area contributed by atoms with E-state index in [0.29, 0.717) is 65.5 Å². The predicted octanol–water partition coefficient (Wildman–Crippen LogP) is 5.83. The van der Waals surface area contributed by atoms with Gasteiger partial charge < -0.3 is 33.5 Å². The summed E-state index contributed by atoms with van der Waals surface area (Å²) in [4.78, 5) is 9.31. The Bertz CT molecular complexity index is 1630. The molecular weight excluding hydrogens is 591 g/mol. The van der Waals surface area contributed by atoms with E-state index in [1.54, 1.807) is 50.6 Å². The van der Waals surface area contributed by atoms with Crippen molar-refractivity contribution in [1.29, 1.82) is 0 Å². The molecule has 0 aliphatic carbocycles. The molecule has 9 nitrogen and oxygen atoms in total. The minimum atomic E-state index is -1.25. The third-order valence-corrected chi connectivity index (χ3v) is 7.38. The highest BCUT2D eigenvalue weighted by molar-refractivity contribution is 6.31. The average Bonchev–Trinajstić information content (AvgIpc) is 3.52. The van der Waals surface area contributed by atoms with Gasteiger partial charge in [-0.25, -0.2) is 14.4 Å². The molecule has 230 valence electrons. The van der Waals surface area contributed by atoms with Gasteiger partial charge in [0.1, 0.15) is 29.6 Å². The number of aromatic nitrogens is 1. The lowest BCUT2D eigenvalue weighted by atomic mass is 9.99. The Morgan fingerprint density at radius 1 is 0.864 bits per heavy atom. The monoisotopic (exact) mass is 622 g/mol. The highest BCUT2D eigenvalue weighted by Gasteiger charge is 2.42. The molecule has 1 aliphatic rings. The summed E-state index contributed by atoms with van der Waals surface area (Å²) >= 11 is 6.02. The molecule has 2 heterocycles. The SMILES string of the molecule is COc1ccc(COCCOc2ccc(C3=NCC(CO)(c4ccc(OC)c(-c5ccc(F)c(Cl)c5)n4)O3)cc2OC)cc1. The van der Waals surface area contributed by atoms with Gasteiger partial charge in [0.25, 0.3) is 0 Å². The summed E-state index contributed by atoms with van der Waals surface area (Å²) in [6.45, 7) is 0.884. The Hall–Kier alpha value is -4.38. The zero-order chi connectivity index (χ0) is 31.1. The van der Waals surface area contributed by atoms with Crippen LogP contribution in [0, 0.1) is 5.82 Å². The van der Waals surface area contributed by atoms with Crippen molar-refractivity contribution in [1.82, 2.24) is 4.98 Å². The van der Waals surface area contributed by atoms with Crippen LogP contribution in [-0.4, -0.2) is 63.7 Å². The molecule has 1 aromatic heterocycles. The van der Waals surface area contributed by atoms with Crippen molar-refractivity contribution in [3.8, 4) is 34.3 Å². The molecule has 1 N–H and O–H groups in total. The van der Waals surface area contributed by atoms with Crippen LogP contribution in [0.5, 0.6) is 23.0 Å². The van der Waals surface area contributed by atoms with Crippen molar-refractivity contribution in [2.45, 2.75) is 12.2 Å². The minimum absolute atomic E-state index is 0.0428. The third kappa shape index (κ3) is 6.72. The van der Waals surface area contributed by atoms with Crippen molar-refractivity contribution < 1.29 is 37.9 Å². The Kier molecular flexibility index (Phi) is 9.84. The van der Waals surface area contributed by atoms with Crippen molar-refractivity contribution in [2.75, 3.05) is 47.7 Å². The molecule has 3 aromatic carbocycles. The number of pyridine rings is 1. The fourth-order valence-electron chi connectivity index (χ4n) is 4.65. The summed E-state index contributed by atoms with van der Waals surface area (Å²) in [5, 5.41) is 10.4. The van der Waals surface area contributed by atoms with Crippen LogP contribution in [-0.2, 0) is 21.7 Å². The molecular formula is C33H32ClFN2O7. The van der Waals surface area contributed by atoms with Gasteiger partial charge in [-0.1, -0.05) is 23.7 Å². The van der Waals surface area contributed by atoms with Gasteiger partial charge >= 0.3 is 0 Å². The first-order chi connectivity index (χ1) is 21.4. The van der Waals surface area contributed by atoms with Gasteiger partial charge in [-0.05, 0) is 66.2 Å². The van der Waals surface area contributed by atoms with E-state index in [1.807, 2.05) is 24.3 Å². The maximum Gasteiger partial charge on any atom is 0.217 e. The second-order valence-corrected chi connectivity index (χ2v) is 10.3. The largest absolute Gasteiger partial charge is 0.497 e. The zero-order valence-corrected chi connectivity index (χ0v) is 25.3. The lowest BCUT2D eigenvalue weighted by molar-refractivity contribution is 0.0165. The van der Waals surface area contributed by atoms with Crippen LogP contribution in [0.4, 0.5) is 4.39 Å². The number of ether oxygens (including phenoxy) is 6. The van der Waals surface area contributed by atoms with E-state index in [1.165, 1.54) is 19.2 Å². The van der Waals surface area contributed by atoms with E-state index in [2.05, 4.69) is 4.99 Å². The maximum absolute atomic E-state index is 13.8. The average molecular weight is 623 g/mol. The van der Waals surface area contributed by atoms with Crippen LogP contribution >= 0.6 is 11.6 Å². The van der Waals surface area contributed by atoms with Crippen molar-refractivity contribution >= 4 is 17.5 Å². The highest BCUT2D eigenvalue weighted by Crippen LogP contribution is 2.37. The summed E-state index contributed by atoms with van der Waals surface area (Å²) < 4.78 is 47.9. The van der Waals surface area contributed by atoms with Gasteiger partial charge in [0.15, 0.2) is 17.1 Å². The van der Waals surface area contributed by atoms with E-state index < -0.39 is 18.0 Å². The summed E-state index contributed by atoms with van der Waals surface area (Å²) in [5.41, 5.74) is 1.83. The number of nitrogens with zero attached hydrogens (tertiary/aromatic N) is 2. The summed E-state index contributed by atoms with van der Waals surface area (Å²) in [6.07, 6.45) is 0. The minimum Gasteiger partial charge on any atom is -0.497 e. The predicted molar refractivity (Wildman–Crippen MR) is 164 cm³/mol. The standard InChI is InChI=1S/C33H32ClFN2O7/c1-39-24-8-4-21(5-9-24)18-42-14-15-43-27-11-7-23(17-29(27)41-3)32-36-19-33(20-38,44-32)30-13-12-28(40-2)31(37-30)22-6-10-26(35)25(34)16-22/h4-13,16-17,38H,14-15,18-20H2,1-3H3. The van der Waals surface area contributed by atoms with Crippen molar-refractivity contribution in [2.24, 2.45) is 4.99 Å². The van der Waals surface area contributed by atoms with E-state index in [-0.39, 0.29) is 11.6 Å². The van der Waals surface area contributed by atoms with Gasteiger partial charge in [0.05, 0.1) is 58.4 Å². The number of rotatable bonds is 13. The fraction of sp³-hybridized carbons (Fsp3) is 0.273. The molecule has 1 aliphatic heterocycles. The van der Waals surface area contributed by atoms with E-state index in [9.17, 15) is 9.50 Å². The molecule has 0 spiro atoms. The number of halogens is 2. The first-order valence-electron chi connectivity index (χ1n) is 13.8. The molecule has 1 unspecified atom stereocenters. The Labute approximate surface area is 259 Å². The first-order valence-corrected chi connectivity index (χ1v) is 14.1. The van der Waals surface area contributed by atoms with Crippen molar-refractivity contribution in [3.63, 3.8) is 0 Å². The van der Waals surface area contributed by atoms with Crippen LogP contribution in [0.3, 0.4) is 0 Å². The van der Waals surface area contributed by atoms with Gasteiger partial charge in [-0.3, -0.25) is 0 Å². The van der Waals surface area contributed by atoms with Crippen LogP contribution in [0.2, 0.25) is 5.02 Å². The van der Waals surface area contributed by atoms with Gasteiger partial charge in [-0.15, -0.1) is 0 Å². The smallest absolute Gasteiger partial charge is 0.217 e. The summed E-state index contributed by atoms with van der Waals surface area (Å²) in [7, 11) is 4.69. The van der Waals surface area contributed by atoms with E-state index in [4.69, 9.17) is 45.0 Å². The maximum atomic E-state index is 13.8. The molecule has 11 heteroatoms. The van der Waals surface area contributed by atoms with Crippen LogP contribution in [0.1, 0.15) is 16.8 Å². The molecule has 5 rings (SSSR count). The quantitative estimate of drug-likeness (QED) is 0.186. The lowest BCUT2D eigenvalue weighted by Gasteiger charge is -2.26. The molecule has 0 radical (unpaired) electrons. The molecule has 0 bridgehead atoms. The van der Waals surface area contributed by atoms with Crippen LogP contribution in [0.25, 0.3) is 11.3 Å². The van der Waals surface area contributed by atoms with Gasteiger partial charge in [0, 0.05) is 11.1 Å². The summed E-state index contributed by atoms with van der Waals surface area (Å²) in [6, 6.07) is 20.7. The lowest BCUT2D eigenvalue weighted by Crippen LogP contribution is -2.36. The van der Waals surface area contributed by atoms with Gasteiger partial charge in [-0.2, -0.15) is 0 Å². The number of hydrogen-bond donors (Lipinski definition) is 1. The van der Waals surface area contributed by atoms with E-state index >= 15 is 0 Å². The molecule has 0 fully saturated rings. The Morgan fingerprint density at radius 2 is 1.61 bits per heavy atom. The number of hydrogen-bond acceptors (Lipinski definition) is 9. The molecule has 0 amide bonds.